The molecule has 34 heavy (non-hydrogen) atoms. The number of hydrogen-bond acceptors (Lipinski definition) is 16. The largest absolute Gasteiger partial charge is 0.394 e. The zero-order valence-electron chi connectivity index (χ0n) is 17.7. The first-order chi connectivity index (χ1) is 16.0. The Morgan fingerprint density at radius 2 is 0.853 bits per heavy atom. The lowest BCUT2D eigenvalue weighted by atomic mass is 9.96. The Bertz CT molecular complexity index is 637. The quantitative estimate of drug-likeness (QED) is 0.154. The summed E-state index contributed by atoms with van der Waals surface area (Å²) < 4.78 is 26.2. The second-order valence-corrected chi connectivity index (χ2v) is 8.33. The molecule has 0 aromatic carbocycles. The third-order valence-corrected chi connectivity index (χ3v) is 6.09. The fourth-order valence-electron chi connectivity index (χ4n) is 4.04. The highest BCUT2D eigenvalue weighted by atomic mass is 16.8. The molecule has 3 aliphatic heterocycles. The first kappa shape index (κ1) is 27.9. The van der Waals surface area contributed by atoms with E-state index in [1.54, 1.807) is 0 Å². The summed E-state index contributed by atoms with van der Waals surface area (Å²) in [5.74, 6) is 0. The molecule has 3 rings (SSSR count). The Balaban J connectivity index is 1.70. The maximum Gasteiger partial charge on any atom is 0.187 e. The first-order valence-corrected chi connectivity index (χ1v) is 10.6. The van der Waals surface area contributed by atoms with E-state index in [-0.39, 0.29) is 0 Å². The molecule has 15 atom stereocenters. The third-order valence-electron chi connectivity index (χ3n) is 6.09. The highest BCUT2D eigenvalue weighted by Gasteiger charge is 2.53. The van der Waals surface area contributed by atoms with E-state index < -0.39 is 112 Å². The van der Waals surface area contributed by atoms with Crippen molar-refractivity contribution in [2.24, 2.45) is 0 Å². The summed E-state index contributed by atoms with van der Waals surface area (Å²) in [6.45, 7) is -2.28. The summed E-state index contributed by atoms with van der Waals surface area (Å²) in [5, 5.41) is 109. The molecule has 0 unspecified atom stereocenters. The third kappa shape index (κ3) is 5.37. The molecule has 16 heteroatoms. The predicted octanol–water partition coefficient (Wildman–Crippen LogP) is -7.57. The van der Waals surface area contributed by atoms with Gasteiger partial charge in [0.15, 0.2) is 18.9 Å². The smallest absolute Gasteiger partial charge is 0.187 e. The molecule has 0 aromatic rings. The predicted molar refractivity (Wildman–Crippen MR) is 101 cm³/mol. The maximum absolute atomic E-state index is 10.6. The van der Waals surface area contributed by atoms with Crippen LogP contribution in [0.25, 0.3) is 0 Å². The van der Waals surface area contributed by atoms with E-state index in [4.69, 9.17) is 28.8 Å². The van der Waals surface area contributed by atoms with Crippen LogP contribution >= 0.6 is 0 Å². The molecule has 0 radical (unpaired) electrons. The average Bonchev–Trinajstić information content (AvgIpc) is 2.83. The minimum Gasteiger partial charge on any atom is -0.394 e. The molecule has 0 saturated carbocycles. The highest BCUT2D eigenvalue weighted by Crippen LogP contribution is 2.31. The molecule has 0 spiro atoms. The van der Waals surface area contributed by atoms with Gasteiger partial charge in [-0.1, -0.05) is 0 Å². The molecule has 3 fully saturated rings. The SMILES string of the molecule is OC[C@H]1O[C@@H](O[C@H]2[C@H](O)[C@@H](O)[C@@H](O[C@@H]3[C@@H](O)[C@H](O)[C@@H](CO)O[C@@H]3O)O[C@@H]2CO)[C@H](O)[C@@H](O)[C@@H]1O. The fourth-order valence-corrected chi connectivity index (χ4v) is 4.04. The lowest BCUT2D eigenvalue weighted by Gasteiger charge is -2.47. The summed E-state index contributed by atoms with van der Waals surface area (Å²) in [4.78, 5) is 0. The molecule has 0 aromatic heterocycles. The van der Waals surface area contributed by atoms with Gasteiger partial charge in [-0.25, -0.2) is 0 Å². The normalized spacial score (nSPS) is 52.5. The molecule has 3 saturated heterocycles. The Morgan fingerprint density at radius 3 is 1.41 bits per heavy atom. The first-order valence-electron chi connectivity index (χ1n) is 10.6. The highest BCUT2D eigenvalue weighted by molar-refractivity contribution is 4.95. The van der Waals surface area contributed by atoms with Crippen LogP contribution in [0, 0.1) is 0 Å². The zero-order chi connectivity index (χ0) is 25.3. The number of rotatable bonds is 7. The van der Waals surface area contributed by atoms with E-state index in [1.807, 2.05) is 0 Å². The molecule has 3 aliphatic rings. The van der Waals surface area contributed by atoms with Crippen LogP contribution in [-0.4, -0.2) is 168 Å². The van der Waals surface area contributed by atoms with Crippen LogP contribution in [0.5, 0.6) is 0 Å². The topological polar surface area (TPSA) is 269 Å². The van der Waals surface area contributed by atoms with Crippen LogP contribution < -0.4 is 0 Å². The molecule has 0 aliphatic carbocycles. The maximum atomic E-state index is 10.6. The summed E-state index contributed by atoms with van der Waals surface area (Å²) in [6.07, 6.45) is -25.2. The fraction of sp³-hybridized carbons (Fsp3) is 1.00. The van der Waals surface area contributed by atoms with Crippen molar-refractivity contribution < 1.29 is 79.9 Å². The van der Waals surface area contributed by atoms with Gasteiger partial charge in [-0.05, 0) is 0 Å². The van der Waals surface area contributed by atoms with Crippen molar-refractivity contribution in [3.05, 3.63) is 0 Å². The van der Waals surface area contributed by atoms with Crippen LogP contribution in [0.2, 0.25) is 0 Å². The van der Waals surface area contributed by atoms with Gasteiger partial charge >= 0.3 is 0 Å². The summed E-state index contributed by atoms with van der Waals surface area (Å²) in [7, 11) is 0. The van der Waals surface area contributed by atoms with Gasteiger partial charge in [0, 0.05) is 0 Å². The molecular weight excluding hydrogens is 472 g/mol. The summed E-state index contributed by atoms with van der Waals surface area (Å²) >= 11 is 0. The van der Waals surface area contributed by atoms with Crippen LogP contribution in [-0.2, 0) is 23.7 Å². The standard InChI is InChI=1S/C18H32O16/c19-1-4-8(23)10(25)15(16(29)30-4)34-18-13(28)11(26)14(6(3-21)32-18)33-17-12(27)9(24)7(22)5(2-20)31-17/h4-29H,1-3H2/t4-,5-,6-,7-,8-,9+,10+,11-,12-,13-,14-,15-,16+,17+,18-/m1/s1. The zero-order valence-corrected chi connectivity index (χ0v) is 17.7. The van der Waals surface area contributed by atoms with E-state index in [2.05, 4.69) is 0 Å². The van der Waals surface area contributed by atoms with Crippen molar-refractivity contribution in [1.82, 2.24) is 0 Å². The Hall–Kier alpha value is -0.640. The van der Waals surface area contributed by atoms with E-state index in [9.17, 15) is 51.1 Å². The van der Waals surface area contributed by atoms with Gasteiger partial charge in [-0.15, -0.1) is 0 Å². The van der Waals surface area contributed by atoms with Crippen molar-refractivity contribution in [2.45, 2.75) is 92.1 Å². The Morgan fingerprint density at radius 1 is 0.441 bits per heavy atom. The summed E-state index contributed by atoms with van der Waals surface area (Å²) in [5.41, 5.74) is 0. The van der Waals surface area contributed by atoms with Gasteiger partial charge in [0.05, 0.1) is 19.8 Å². The van der Waals surface area contributed by atoms with Crippen molar-refractivity contribution >= 4 is 0 Å². The molecular formula is C18H32O16. The van der Waals surface area contributed by atoms with Crippen molar-refractivity contribution in [3.8, 4) is 0 Å². The molecule has 200 valence electrons. The van der Waals surface area contributed by atoms with Gasteiger partial charge in [0.1, 0.15) is 73.2 Å². The van der Waals surface area contributed by atoms with Crippen LogP contribution in [0.4, 0.5) is 0 Å². The Labute approximate surface area is 192 Å². The van der Waals surface area contributed by atoms with Gasteiger partial charge in [-0.2, -0.15) is 0 Å². The average molecular weight is 504 g/mol. The molecule has 0 amide bonds. The monoisotopic (exact) mass is 504 g/mol. The van der Waals surface area contributed by atoms with Crippen LogP contribution in [0.15, 0.2) is 0 Å². The van der Waals surface area contributed by atoms with Gasteiger partial charge in [0.25, 0.3) is 0 Å². The second-order valence-electron chi connectivity index (χ2n) is 8.33. The summed E-state index contributed by atoms with van der Waals surface area (Å²) in [6, 6.07) is 0. The number of hydrogen-bond donors (Lipinski definition) is 11. The number of aliphatic hydroxyl groups excluding tert-OH is 11. The van der Waals surface area contributed by atoms with Crippen molar-refractivity contribution in [1.29, 1.82) is 0 Å². The lowest BCUT2D eigenvalue weighted by molar-refractivity contribution is -0.381. The minimum absolute atomic E-state index is 0.715. The second kappa shape index (κ2) is 11.6. The van der Waals surface area contributed by atoms with E-state index >= 15 is 0 Å². The lowest BCUT2D eigenvalue weighted by Crippen LogP contribution is -2.66. The van der Waals surface area contributed by atoms with E-state index in [0.29, 0.717) is 0 Å². The molecule has 3 heterocycles. The number of aliphatic hydroxyl groups is 11. The van der Waals surface area contributed by atoms with E-state index in [1.165, 1.54) is 0 Å². The van der Waals surface area contributed by atoms with Crippen molar-refractivity contribution in [3.63, 3.8) is 0 Å². The molecule has 11 N–H and O–H groups in total. The van der Waals surface area contributed by atoms with Gasteiger partial charge in [-0.3, -0.25) is 0 Å². The molecule has 0 bridgehead atoms. The molecule has 16 nitrogen and oxygen atoms in total. The van der Waals surface area contributed by atoms with Crippen molar-refractivity contribution in [2.75, 3.05) is 19.8 Å². The van der Waals surface area contributed by atoms with Gasteiger partial charge in [0.2, 0.25) is 0 Å². The number of ether oxygens (including phenoxy) is 5. The van der Waals surface area contributed by atoms with Crippen LogP contribution in [0.3, 0.4) is 0 Å². The van der Waals surface area contributed by atoms with Gasteiger partial charge < -0.3 is 79.9 Å². The minimum atomic E-state index is -1.93. The van der Waals surface area contributed by atoms with E-state index in [0.717, 1.165) is 0 Å². The van der Waals surface area contributed by atoms with Crippen LogP contribution in [0.1, 0.15) is 0 Å². The Kier molecular flexibility index (Phi) is 9.54.